The third kappa shape index (κ3) is 4.53. The first-order valence-corrected chi connectivity index (χ1v) is 8.70. The van der Waals surface area contributed by atoms with Crippen LogP contribution in [0.25, 0.3) is 0 Å². The van der Waals surface area contributed by atoms with Gasteiger partial charge in [-0.1, -0.05) is 12.1 Å². The SMILES string of the molecule is CSCCc1ccc(NC(=O)[C@H]2CCN[C@@H](C)C2)cc1. The number of carbonyl (C=O) groups is 1. The molecule has 1 fully saturated rings. The summed E-state index contributed by atoms with van der Waals surface area (Å²) in [5, 5.41) is 6.42. The van der Waals surface area contributed by atoms with E-state index in [4.69, 9.17) is 0 Å². The molecule has 1 aliphatic rings. The van der Waals surface area contributed by atoms with E-state index in [-0.39, 0.29) is 11.8 Å². The van der Waals surface area contributed by atoms with Crippen LogP contribution in [0, 0.1) is 5.92 Å². The summed E-state index contributed by atoms with van der Waals surface area (Å²) in [6.07, 6.45) is 5.06. The minimum absolute atomic E-state index is 0.141. The predicted octanol–water partition coefficient (Wildman–Crippen LogP) is 2.92. The second-order valence-corrected chi connectivity index (χ2v) is 6.49. The average Bonchev–Trinajstić information content (AvgIpc) is 2.46. The first kappa shape index (κ1) is 15.4. The largest absolute Gasteiger partial charge is 0.326 e. The molecule has 0 saturated carbocycles. The lowest BCUT2D eigenvalue weighted by Gasteiger charge is -2.27. The molecule has 0 unspecified atom stereocenters. The van der Waals surface area contributed by atoms with Gasteiger partial charge < -0.3 is 10.6 Å². The molecule has 1 aromatic carbocycles. The summed E-state index contributed by atoms with van der Waals surface area (Å²) in [6.45, 7) is 3.08. The fraction of sp³-hybridized carbons (Fsp3) is 0.562. The zero-order chi connectivity index (χ0) is 14.4. The minimum atomic E-state index is 0.141. The molecule has 110 valence electrons. The third-order valence-corrected chi connectivity index (χ3v) is 4.42. The molecule has 1 aliphatic heterocycles. The Hall–Kier alpha value is -1.00. The Morgan fingerprint density at radius 3 is 2.80 bits per heavy atom. The summed E-state index contributed by atoms with van der Waals surface area (Å²) in [6, 6.07) is 8.68. The molecule has 0 spiro atoms. The molecule has 2 atom stereocenters. The van der Waals surface area contributed by atoms with Crippen LogP contribution < -0.4 is 10.6 Å². The number of nitrogens with one attached hydrogen (secondary N) is 2. The van der Waals surface area contributed by atoms with Gasteiger partial charge in [0.2, 0.25) is 5.91 Å². The first-order chi connectivity index (χ1) is 9.69. The number of thioether (sulfide) groups is 1. The highest BCUT2D eigenvalue weighted by molar-refractivity contribution is 7.98. The van der Waals surface area contributed by atoms with Gasteiger partial charge in [-0.25, -0.2) is 0 Å². The van der Waals surface area contributed by atoms with Crippen LogP contribution in [-0.2, 0) is 11.2 Å². The van der Waals surface area contributed by atoms with E-state index < -0.39 is 0 Å². The molecule has 20 heavy (non-hydrogen) atoms. The summed E-state index contributed by atoms with van der Waals surface area (Å²) in [5.41, 5.74) is 2.24. The highest BCUT2D eigenvalue weighted by atomic mass is 32.2. The zero-order valence-electron chi connectivity index (χ0n) is 12.3. The summed E-state index contributed by atoms with van der Waals surface area (Å²) in [5.74, 6) is 1.44. The third-order valence-electron chi connectivity index (χ3n) is 3.81. The number of anilines is 1. The van der Waals surface area contributed by atoms with Crippen molar-refractivity contribution in [3.8, 4) is 0 Å². The molecule has 0 aliphatic carbocycles. The number of carbonyl (C=O) groups excluding carboxylic acids is 1. The van der Waals surface area contributed by atoms with Crippen LogP contribution in [0.3, 0.4) is 0 Å². The second kappa shape index (κ2) is 7.70. The average molecular weight is 292 g/mol. The first-order valence-electron chi connectivity index (χ1n) is 7.31. The minimum Gasteiger partial charge on any atom is -0.326 e. The van der Waals surface area contributed by atoms with Gasteiger partial charge in [0.1, 0.15) is 0 Å². The summed E-state index contributed by atoms with van der Waals surface area (Å²) in [7, 11) is 0. The smallest absolute Gasteiger partial charge is 0.227 e. The Labute approximate surface area is 125 Å². The van der Waals surface area contributed by atoms with Crippen molar-refractivity contribution >= 4 is 23.4 Å². The predicted molar refractivity (Wildman–Crippen MR) is 87.3 cm³/mol. The Morgan fingerprint density at radius 2 is 2.15 bits per heavy atom. The molecule has 4 heteroatoms. The van der Waals surface area contributed by atoms with Crippen LogP contribution in [0.4, 0.5) is 5.69 Å². The van der Waals surface area contributed by atoms with E-state index in [1.54, 1.807) is 0 Å². The van der Waals surface area contributed by atoms with Crippen LogP contribution in [0.1, 0.15) is 25.3 Å². The topological polar surface area (TPSA) is 41.1 Å². The Kier molecular flexibility index (Phi) is 5.92. The van der Waals surface area contributed by atoms with Crippen LogP contribution in [0.2, 0.25) is 0 Å². The number of hydrogen-bond acceptors (Lipinski definition) is 3. The number of hydrogen-bond donors (Lipinski definition) is 2. The van der Waals surface area contributed by atoms with Crippen molar-refractivity contribution in [3.63, 3.8) is 0 Å². The fourth-order valence-electron chi connectivity index (χ4n) is 2.59. The Bertz CT molecular complexity index is 433. The number of piperidine rings is 1. The van der Waals surface area contributed by atoms with Crippen molar-refractivity contribution in [2.24, 2.45) is 5.92 Å². The van der Waals surface area contributed by atoms with Crippen molar-refractivity contribution in [3.05, 3.63) is 29.8 Å². The number of benzene rings is 1. The van der Waals surface area contributed by atoms with Crippen molar-refractivity contribution in [1.29, 1.82) is 0 Å². The van der Waals surface area contributed by atoms with Crippen LogP contribution in [0.5, 0.6) is 0 Å². The normalized spacial score (nSPS) is 22.5. The van der Waals surface area contributed by atoms with Crippen molar-refractivity contribution < 1.29 is 4.79 Å². The van der Waals surface area contributed by atoms with E-state index in [1.807, 2.05) is 23.9 Å². The van der Waals surface area contributed by atoms with Gasteiger partial charge in [-0.05, 0) is 62.4 Å². The van der Waals surface area contributed by atoms with Gasteiger partial charge in [0.25, 0.3) is 0 Å². The molecule has 2 N–H and O–H groups in total. The quantitative estimate of drug-likeness (QED) is 0.877. The summed E-state index contributed by atoms with van der Waals surface area (Å²) >= 11 is 1.85. The maximum Gasteiger partial charge on any atom is 0.227 e. The lowest BCUT2D eigenvalue weighted by molar-refractivity contribution is -0.120. The maximum absolute atomic E-state index is 12.2. The Balaban J connectivity index is 1.87. The van der Waals surface area contributed by atoms with Gasteiger partial charge in [0.05, 0.1) is 0 Å². The van der Waals surface area contributed by atoms with Crippen molar-refractivity contribution in [2.45, 2.75) is 32.2 Å². The monoisotopic (exact) mass is 292 g/mol. The Morgan fingerprint density at radius 1 is 1.40 bits per heavy atom. The van der Waals surface area contributed by atoms with Gasteiger partial charge in [-0.3, -0.25) is 4.79 Å². The lowest BCUT2D eigenvalue weighted by Crippen LogP contribution is -2.40. The summed E-state index contributed by atoms with van der Waals surface area (Å²) in [4.78, 5) is 12.2. The molecular formula is C16H24N2OS. The van der Waals surface area contributed by atoms with Crippen LogP contribution >= 0.6 is 11.8 Å². The molecule has 0 radical (unpaired) electrons. The molecule has 2 rings (SSSR count). The fourth-order valence-corrected chi connectivity index (χ4v) is 3.03. The van der Waals surface area contributed by atoms with E-state index in [2.05, 4.69) is 35.9 Å². The van der Waals surface area contributed by atoms with E-state index in [0.29, 0.717) is 6.04 Å². The standard InChI is InChI=1S/C16H24N2OS/c1-12-11-14(7-9-17-12)16(19)18-15-5-3-13(4-6-15)8-10-20-2/h3-6,12,14,17H,7-11H2,1-2H3,(H,18,19)/t12-,14-/m0/s1. The molecule has 3 nitrogen and oxygen atoms in total. The number of amides is 1. The maximum atomic E-state index is 12.2. The highest BCUT2D eigenvalue weighted by Crippen LogP contribution is 2.19. The molecule has 1 aromatic rings. The lowest BCUT2D eigenvalue weighted by atomic mass is 9.92. The van der Waals surface area contributed by atoms with E-state index in [9.17, 15) is 4.79 Å². The zero-order valence-corrected chi connectivity index (χ0v) is 13.1. The molecule has 0 bridgehead atoms. The molecule has 1 saturated heterocycles. The van der Waals surface area contributed by atoms with Gasteiger partial charge in [-0.15, -0.1) is 0 Å². The summed E-state index contributed by atoms with van der Waals surface area (Å²) < 4.78 is 0. The van der Waals surface area contributed by atoms with Gasteiger partial charge in [0, 0.05) is 17.6 Å². The van der Waals surface area contributed by atoms with Crippen molar-refractivity contribution in [1.82, 2.24) is 5.32 Å². The molecule has 1 amide bonds. The van der Waals surface area contributed by atoms with E-state index in [0.717, 1.165) is 37.2 Å². The van der Waals surface area contributed by atoms with E-state index >= 15 is 0 Å². The van der Waals surface area contributed by atoms with Crippen LogP contribution in [0.15, 0.2) is 24.3 Å². The van der Waals surface area contributed by atoms with Gasteiger partial charge in [-0.2, -0.15) is 11.8 Å². The second-order valence-electron chi connectivity index (χ2n) is 5.51. The van der Waals surface area contributed by atoms with Gasteiger partial charge in [0.15, 0.2) is 0 Å². The number of rotatable bonds is 5. The molecule has 0 aromatic heterocycles. The molecular weight excluding hydrogens is 268 g/mol. The van der Waals surface area contributed by atoms with E-state index in [1.165, 1.54) is 5.56 Å². The number of aryl methyl sites for hydroxylation is 1. The van der Waals surface area contributed by atoms with Crippen LogP contribution in [-0.4, -0.2) is 30.5 Å². The molecule has 1 heterocycles. The van der Waals surface area contributed by atoms with Gasteiger partial charge >= 0.3 is 0 Å². The highest BCUT2D eigenvalue weighted by Gasteiger charge is 2.24. The van der Waals surface area contributed by atoms with Crippen molar-refractivity contribution in [2.75, 3.05) is 23.9 Å².